The van der Waals surface area contributed by atoms with Crippen molar-refractivity contribution < 1.29 is 28.4 Å². The normalized spacial score (nSPS) is 22.3. The molecule has 1 aromatic heterocycles. The number of thioether (sulfide) groups is 1. The molecule has 0 bridgehead atoms. The van der Waals surface area contributed by atoms with Crippen LogP contribution >= 0.6 is 23.1 Å². The molecular weight excluding hydrogens is 563 g/mol. The monoisotopic (exact) mass is 584 g/mol. The number of ether oxygens (including phenoxy) is 1. The van der Waals surface area contributed by atoms with E-state index in [4.69, 9.17) is 4.74 Å². The molecule has 0 aliphatic carbocycles. The van der Waals surface area contributed by atoms with Crippen molar-refractivity contribution in [3.63, 3.8) is 0 Å². The number of aromatic nitrogens is 1. The van der Waals surface area contributed by atoms with Crippen LogP contribution < -0.4 is 9.77 Å². The number of halogens is 1. The molecule has 40 heavy (non-hydrogen) atoms. The lowest BCUT2D eigenvalue weighted by Gasteiger charge is -2.31. The Hall–Kier alpha value is -3.88. The molecule has 4 heterocycles. The van der Waals surface area contributed by atoms with E-state index in [0.29, 0.717) is 41.8 Å². The van der Waals surface area contributed by atoms with Crippen molar-refractivity contribution >= 4 is 52.2 Å². The molecular formula is C26H21FN4O7S2. The maximum Gasteiger partial charge on any atom is 0.308 e. The zero-order chi connectivity index (χ0) is 28.1. The number of thiazole rings is 1. The summed E-state index contributed by atoms with van der Waals surface area (Å²) in [5.74, 6) is -3.43. The third-order valence-corrected chi connectivity index (χ3v) is 9.86. The van der Waals surface area contributed by atoms with Crippen LogP contribution in [0, 0.1) is 21.8 Å². The maximum atomic E-state index is 13.8. The molecule has 3 aliphatic rings. The molecule has 206 valence electrons. The van der Waals surface area contributed by atoms with Crippen molar-refractivity contribution in [1.82, 2.24) is 9.47 Å². The zero-order valence-corrected chi connectivity index (χ0v) is 22.4. The van der Waals surface area contributed by atoms with Gasteiger partial charge in [0.1, 0.15) is 17.6 Å². The highest BCUT2D eigenvalue weighted by Crippen LogP contribution is 2.53. The van der Waals surface area contributed by atoms with Crippen molar-refractivity contribution in [3.8, 4) is 0 Å². The summed E-state index contributed by atoms with van der Waals surface area (Å²) in [5.41, 5.74) is 0.559. The van der Waals surface area contributed by atoms with Gasteiger partial charge in [-0.05, 0) is 29.8 Å². The van der Waals surface area contributed by atoms with E-state index in [0.717, 1.165) is 28.0 Å². The summed E-state index contributed by atoms with van der Waals surface area (Å²) < 4.78 is 20.5. The smallest absolute Gasteiger partial charge is 0.308 e. The summed E-state index contributed by atoms with van der Waals surface area (Å²) in [6.07, 6.45) is 0. The van der Waals surface area contributed by atoms with Crippen LogP contribution in [0.5, 0.6) is 0 Å². The second kappa shape index (κ2) is 10.3. The molecule has 3 amide bonds. The average molecular weight is 585 g/mol. The van der Waals surface area contributed by atoms with Gasteiger partial charge in [0.2, 0.25) is 17.7 Å². The van der Waals surface area contributed by atoms with Crippen LogP contribution in [0.15, 0.2) is 58.4 Å². The van der Waals surface area contributed by atoms with E-state index >= 15 is 0 Å². The molecule has 0 N–H and O–H groups in total. The van der Waals surface area contributed by atoms with E-state index in [-0.39, 0.29) is 23.8 Å². The quantitative estimate of drug-likeness (QED) is 0.254. The number of nitro groups is 1. The zero-order valence-electron chi connectivity index (χ0n) is 20.7. The average Bonchev–Trinajstić information content (AvgIpc) is 3.40. The molecule has 3 atom stereocenters. The molecule has 11 nitrogen and oxygen atoms in total. The summed E-state index contributed by atoms with van der Waals surface area (Å²) in [7, 11) is 0. The number of carbonyl (C=O) groups is 3. The molecule has 3 aromatic rings. The van der Waals surface area contributed by atoms with Gasteiger partial charge in [0.25, 0.3) is 5.69 Å². The fourth-order valence-corrected chi connectivity index (χ4v) is 8.08. The summed E-state index contributed by atoms with van der Waals surface area (Å²) in [6.45, 7) is 1.41. The summed E-state index contributed by atoms with van der Waals surface area (Å²) in [6, 6.07) is 10.7. The van der Waals surface area contributed by atoms with Gasteiger partial charge in [0.15, 0.2) is 0 Å². The number of benzene rings is 2. The highest BCUT2D eigenvalue weighted by molar-refractivity contribution is 8.00. The Kier molecular flexibility index (Phi) is 6.76. The van der Waals surface area contributed by atoms with Crippen LogP contribution in [0.2, 0.25) is 0 Å². The first-order valence-electron chi connectivity index (χ1n) is 12.4. The molecule has 0 saturated carbocycles. The molecule has 3 aliphatic heterocycles. The number of rotatable bonds is 5. The maximum absolute atomic E-state index is 13.8. The number of nitro benzene ring substituents is 1. The molecule has 0 radical (unpaired) electrons. The van der Waals surface area contributed by atoms with E-state index in [1.807, 2.05) is 0 Å². The number of imide groups is 1. The van der Waals surface area contributed by atoms with Gasteiger partial charge in [0, 0.05) is 36.0 Å². The molecule has 2 aromatic carbocycles. The number of amides is 3. The van der Waals surface area contributed by atoms with Crippen molar-refractivity contribution in [2.75, 3.05) is 31.2 Å². The number of fused-ring (bicyclic) bond motifs is 2. The van der Waals surface area contributed by atoms with Crippen molar-refractivity contribution in [2.24, 2.45) is 5.92 Å². The van der Waals surface area contributed by atoms with Crippen LogP contribution in [0.25, 0.3) is 0 Å². The van der Waals surface area contributed by atoms with Crippen molar-refractivity contribution in [1.29, 1.82) is 0 Å². The predicted molar refractivity (Wildman–Crippen MR) is 143 cm³/mol. The van der Waals surface area contributed by atoms with E-state index in [2.05, 4.69) is 0 Å². The van der Waals surface area contributed by atoms with Gasteiger partial charge < -0.3 is 9.64 Å². The number of hydrogen-bond donors (Lipinski definition) is 0. The Morgan fingerprint density at radius 3 is 2.35 bits per heavy atom. The lowest BCUT2D eigenvalue weighted by Crippen LogP contribution is -2.43. The topological polar surface area (TPSA) is 132 Å². The van der Waals surface area contributed by atoms with Crippen LogP contribution in [0.3, 0.4) is 0 Å². The molecule has 0 spiro atoms. The van der Waals surface area contributed by atoms with Crippen molar-refractivity contribution in [2.45, 2.75) is 22.7 Å². The van der Waals surface area contributed by atoms with Gasteiger partial charge in [-0.3, -0.25) is 33.9 Å². The van der Waals surface area contributed by atoms with Crippen LogP contribution in [-0.4, -0.2) is 63.7 Å². The molecule has 6 rings (SSSR count). The predicted octanol–water partition coefficient (Wildman–Crippen LogP) is 2.61. The SMILES string of the molecule is O=C(Cn1c2c(sc1=O)[C@@H](c1ccc(F)cc1)C1C(=O)N(c3ccc([N+](=O)[O-])cc3)C(=O)C1S2)N1CCOCC1. The highest BCUT2D eigenvalue weighted by atomic mass is 32.2. The fourth-order valence-electron chi connectivity index (χ4n) is 5.31. The second-order valence-electron chi connectivity index (χ2n) is 9.50. The molecule has 2 saturated heterocycles. The Balaban J connectivity index is 1.41. The van der Waals surface area contributed by atoms with Crippen LogP contribution in [-0.2, 0) is 25.7 Å². The van der Waals surface area contributed by atoms with Gasteiger partial charge in [-0.2, -0.15) is 0 Å². The Bertz CT molecular complexity index is 1580. The number of morpholine rings is 1. The minimum Gasteiger partial charge on any atom is -0.378 e. The Morgan fingerprint density at radius 2 is 1.70 bits per heavy atom. The second-order valence-corrected chi connectivity index (χ2v) is 11.6. The number of anilines is 1. The third-order valence-electron chi connectivity index (χ3n) is 7.25. The van der Waals surface area contributed by atoms with Gasteiger partial charge in [-0.1, -0.05) is 35.2 Å². The lowest BCUT2D eigenvalue weighted by atomic mass is 9.83. The van der Waals surface area contributed by atoms with E-state index in [1.165, 1.54) is 53.1 Å². The number of non-ortho nitro benzene ring substituents is 1. The lowest BCUT2D eigenvalue weighted by molar-refractivity contribution is -0.384. The highest BCUT2D eigenvalue weighted by Gasteiger charge is 2.56. The van der Waals surface area contributed by atoms with Crippen molar-refractivity contribution in [3.05, 3.63) is 84.6 Å². The fraction of sp³-hybridized carbons (Fsp3) is 0.308. The number of nitrogens with zero attached hydrogens (tertiary/aromatic N) is 4. The minimum atomic E-state index is -0.927. The standard InChI is InChI=1S/C26H21FN4O7S2/c27-15-3-1-14(2-4-15)19-20-21(24(34)30(23(20)33)16-5-7-17(8-6-16)31(36)37)39-25-22(19)40-26(35)29(25)13-18(32)28-9-11-38-12-10-28/h1-8,19-21H,9-13H2/t19-,20?,21?/m0/s1. The first kappa shape index (κ1) is 26.3. The van der Waals surface area contributed by atoms with E-state index in [9.17, 15) is 33.7 Å². The molecule has 14 heteroatoms. The van der Waals surface area contributed by atoms with Crippen LogP contribution in [0.1, 0.15) is 16.4 Å². The van der Waals surface area contributed by atoms with Gasteiger partial charge in [-0.15, -0.1) is 0 Å². The summed E-state index contributed by atoms with van der Waals surface area (Å²) in [4.78, 5) is 67.1. The Morgan fingerprint density at radius 1 is 1.02 bits per heavy atom. The molecule has 2 fully saturated rings. The first-order chi connectivity index (χ1) is 19.2. The minimum absolute atomic E-state index is 0.185. The van der Waals surface area contributed by atoms with Crippen LogP contribution in [0.4, 0.5) is 15.8 Å². The largest absolute Gasteiger partial charge is 0.378 e. The Labute approximate surface area is 234 Å². The third kappa shape index (κ3) is 4.41. The number of carbonyl (C=O) groups excluding carboxylic acids is 3. The summed E-state index contributed by atoms with van der Waals surface area (Å²) in [5, 5.41) is 10.6. The first-order valence-corrected chi connectivity index (χ1v) is 14.1. The van der Waals surface area contributed by atoms with Gasteiger partial charge in [0.05, 0.1) is 34.8 Å². The molecule has 2 unspecified atom stereocenters. The van der Waals surface area contributed by atoms with E-state index < -0.39 is 44.5 Å². The summed E-state index contributed by atoms with van der Waals surface area (Å²) >= 11 is 1.97. The van der Waals surface area contributed by atoms with Gasteiger partial charge >= 0.3 is 4.87 Å². The number of hydrogen-bond acceptors (Lipinski definition) is 9. The van der Waals surface area contributed by atoms with E-state index in [1.54, 1.807) is 4.90 Å². The van der Waals surface area contributed by atoms with Gasteiger partial charge in [-0.25, -0.2) is 9.29 Å².